The first-order valence-corrected chi connectivity index (χ1v) is 9.03. The van der Waals surface area contributed by atoms with Crippen LogP contribution in [-0.4, -0.2) is 23.9 Å². The van der Waals surface area contributed by atoms with Crippen molar-refractivity contribution in [1.82, 2.24) is 4.90 Å². The molecule has 4 heteroatoms. The number of fused-ring (bicyclic) bond motifs is 1. The molecule has 0 radical (unpaired) electrons. The molecular formula is C23H19F2NO. The molecule has 0 aliphatic carbocycles. The third kappa shape index (κ3) is 3.61. The second kappa shape index (κ2) is 7.31. The average molecular weight is 363 g/mol. The Kier molecular flexibility index (Phi) is 4.71. The highest BCUT2D eigenvalue weighted by molar-refractivity contribution is 5.97. The summed E-state index contributed by atoms with van der Waals surface area (Å²) in [7, 11) is 0. The van der Waals surface area contributed by atoms with Gasteiger partial charge in [0.25, 0.3) is 5.91 Å². The van der Waals surface area contributed by atoms with E-state index in [1.165, 1.54) is 18.2 Å². The van der Waals surface area contributed by atoms with Crippen molar-refractivity contribution in [2.75, 3.05) is 13.1 Å². The van der Waals surface area contributed by atoms with Crippen molar-refractivity contribution >= 4 is 5.91 Å². The van der Waals surface area contributed by atoms with Crippen molar-refractivity contribution in [1.29, 1.82) is 0 Å². The molecule has 0 saturated heterocycles. The highest BCUT2D eigenvalue weighted by Gasteiger charge is 2.24. The van der Waals surface area contributed by atoms with E-state index in [9.17, 15) is 13.6 Å². The molecule has 1 amide bonds. The van der Waals surface area contributed by atoms with Crippen LogP contribution in [0, 0.1) is 11.6 Å². The topological polar surface area (TPSA) is 20.3 Å². The van der Waals surface area contributed by atoms with E-state index in [1.807, 2.05) is 24.3 Å². The van der Waals surface area contributed by atoms with Crippen molar-refractivity contribution < 1.29 is 13.6 Å². The molecule has 0 bridgehead atoms. The fourth-order valence-corrected chi connectivity index (χ4v) is 3.53. The Morgan fingerprint density at radius 3 is 2.41 bits per heavy atom. The lowest BCUT2D eigenvalue weighted by atomic mass is 9.94. The zero-order valence-corrected chi connectivity index (χ0v) is 14.8. The number of hydrogen-bond donors (Lipinski definition) is 0. The van der Waals surface area contributed by atoms with Crippen LogP contribution >= 0.6 is 0 Å². The molecule has 2 nitrogen and oxygen atoms in total. The molecule has 3 aromatic carbocycles. The van der Waals surface area contributed by atoms with Crippen LogP contribution in [0.3, 0.4) is 0 Å². The molecule has 1 aliphatic heterocycles. The first kappa shape index (κ1) is 17.4. The summed E-state index contributed by atoms with van der Waals surface area (Å²) in [5, 5.41) is 0. The van der Waals surface area contributed by atoms with Crippen molar-refractivity contribution in [3.8, 4) is 11.1 Å². The Bertz CT molecular complexity index is 982. The summed E-state index contributed by atoms with van der Waals surface area (Å²) in [4.78, 5) is 14.6. The quantitative estimate of drug-likeness (QED) is 0.647. The lowest BCUT2D eigenvalue weighted by molar-refractivity contribution is 0.0741. The van der Waals surface area contributed by atoms with E-state index >= 15 is 0 Å². The maximum Gasteiger partial charge on any atom is 0.254 e. The van der Waals surface area contributed by atoms with Crippen molar-refractivity contribution in [3.63, 3.8) is 0 Å². The number of rotatable bonds is 4. The van der Waals surface area contributed by atoms with Crippen LogP contribution in [0.15, 0.2) is 66.7 Å². The van der Waals surface area contributed by atoms with Crippen LogP contribution < -0.4 is 0 Å². The van der Waals surface area contributed by atoms with Gasteiger partial charge < -0.3 is 4.90 Å². The first-order chi connectivity index (χ1) is 13.1. The molecule has 1 aliphatic rings. The van der Waals surface area contributed by atoms with Crippen LogP contribution in [0.4, 0.5) is 8.78 Å². The van der Waals surface area contributed by atoms with E-state index in [0.717, 1.165) is 23.1 Å². The summed E-state index contributed by atoms with van der Waals surface area (Å²) in [6.45, 7) is 1.12. The second-order valence-electron chi connectivity index (χ2n) is 6.76. The van der Waals surface area contributed by atoms with E-state index in [0.29, 0.717) is 30.6 Å². The molecule has 1 heterocycles. The number of amides is 1. The zero-order valence-electron chi connectivity index (χ0n) is 14.8. The van der Waals surface area contributed by atoms with Gasteiger partial charge in [0.05, 0.1) is 0 Å². The summed E-state index contributed by atoms with van der Waals surface area (Å²) in [6, 6.07) is 18.8. The van der Waals surface area contributed by atoms with Gasteiger partial charge in [-0.25, -0.2) is 8.78 Å². The Labute approximate surface area is 157 Å². The fourth-order valence-electron chi connectivity index (χ4n) is 3.53. The van der Waals surface area contributed by atoms with Crippen LogP contribution in [0.1, 0.15) is 21.5 Å². The van der Waals surface area contributed by atoms with Gasteiger partial charge in [0.2, 0.25) is 0 Å². The molecule has 27 heavy (non-hydrogen) atoms. The Hall–Kier alpha value is -3.01. The molecule has 0 spiro atoms. The van der Waals surface area contributed by atoms with Gasteiger partial charge in [-0.2, -0.15) is 0 Å². The van der Waals surface area contributed by atoms with Crippen molar-refractivity contribution in [3.05, 3.63) is 95.1 Å². The number of hydrogen-bond acceptors (Lipinski definition) is 1. The molecule has 0 aromatic heterocycles. The van der Waals surface area contributed by atoms with E-state index in [4.69, 9.17) is 0 Å². The number of halogens is 2. The van der Waals surface area contributed by atoms with Gasteiger partial charge in [-0.15, -0.1) is 0 Å². The highest BCUT2D eigenvalue weighted by Crippen LogP contribution is 2.26. The van der Waals surface area contributed by atoms with Gasteiger partial charge in [0, 0.05) is 18.7 Å². The number of nitrogens with zero attached hydrogens (tertiary/aromatic N) is 1. The third-order valence-electron chi connectivity index (χ3n) is 5.06. The van der Waals surface area contributed by atoms with E-state index in [1.54, 1.807) is 29.2 Å². The predicted octanol–water partition coefficient (Wildman–Crippen LogP) is 4.87. The average Bonchev–Trinajstić information content (AvgIpc) is 2.69. The minimum atomic E-state index is -0.266. The molecule has 0 unspecified atom stereocenters. The molecule has 0 N–H and O–H groups in total. The zero-order chi connectivity index (χ0) is 18.8. The van der Waals surface area contributed by atoms with Gasteiger partial charge in [-0.3, -0.25) is 4.79 Å². The van der Waals surface area contributed by atoms with Gasteiger partial charge in [0.15, 0.2) is 0 Å². The summed E-state index contributed by atoms with van der Waals surface area (Å²) in [6.07, 6.45) is 1.26. The number of benzene rings is 3. The number of carbonyl (C=O) groups is 1. The molecule has 3 aromatic rings. The standard InChI is InChI=1S/C23H19F2NO/c24-20-8-5-16(6-9-20)18-7-10-21-19(15-18)12-14-26(23(21)27)13-11-17-3-1-2-4-22(17)25/h1-10,15H,11-14H2. The van der Waals surface area contributed by atoms with Crippen molar-refractivity contribution in [2.24, 2.45) is 0 Å². The predicted molar refractivity (Wildman–Crippen MR) is 102 cm³/mol. The lowest BCUT2D eigenvalue weighted by Crippen LogP contribution is -2.38. The van der Waals surface area contributed by atoms with Crippen LogP contribution in [0.5, 0.6) is 0 Å². The second-order valence-corrected chi connectivity index (χ2v) is 6.76. The maximum absolute atomic E-state index is 13.8. The molecule has 0 atom stereocenters. The first-order valence-electron chi connectivity index (χ1n) is 9.03. The largest absolute Gasteiger partial charge is 0.338 e. The minimum absolute atomic E-state index is 0.0155. The number of carbonyl (C=O) groups excluding carboxylic acids is 1. The van der Waals surface area contributed by atoms with Gasteiger partial charge in [0.1, 0.15) is 11.6 Å². The Morgan fingerprint density at radius 2 is 1.63 bits per heavy atom. The van der Waals surface area contributed by atoms with Gasteiger partial charge in [-0.05, 0) is 59.4 Å². The van der Waals surface area contributed by atoms with E-state index < -0.39 is 0 Å². The van der Waals surface area contributed by atoms with E-state index in [2.05, 4.69) is 0 Å². The minimum Gasteiger partial charge on any atom is -0.338 e. The SMILES string of the molecule is O=C1c2ccc(-c3ccc(F)cc3)cc2CCN1CCc1ccccc1F. The fraction of sp³-hybridized carbons (Fsp3) is 0.174. The molecule has 136 valence electrons. The maximum atomic E-state index is 13.8. The van der Waals surface area contributed by atoms with Crippen LogP contribution in [-0.2, 0) is 12.8 Å². The molecule has 0 fully saturated rings. The molecular weight excluding hydrogens is 344 g/mol. The van der Waals surface area contributed by atoms with Crippen molar-refractivity contribution in [2.45, 2.75) is 12.8 Å². The monoisotopic (exact) mass is 363 g/mol. The summed E-state index contributed by atoms with van der Waals surface area (Å²) >= 11 is 0. The molecule has 4 rings (SSSR count). The Balaban J connectivity index is 1.51. The Morgan fingerprint density at radius 1 is 0.889 bits per heavy atom. The van der Waals surface area contributed by atoms with Crippen LogP contribution in [0.25, 0.3) is 11.1 Å². The smallest absolute Gasteiger partial charge is 0.254 e. The normalized spacial score (nSPS) is 13.6. The van der Waals surface area contributed by atoms with Crippen LogP contribution in [0.2, 0.25) is 0 Å². The third-order valence-corrected chi connectivity index (χ3v) is 5.06. The summed E-state index contributed by atoms with van der Waals surface area (Å²) < 4.78 is 26.9. The summed E-state index contributed by atoms with van der Waals surface area (Å²) in [5.74, 6) is -0.512. The summed E-state index contributed by atoms with van der Waals surface area (Å²) in [5.41, 5.74) is 4.22. The van der Waals surface area contributed by atoms with E-state index in [-0.39, 0.29) is 17.5 Å². The van der Waals surface area contributed by atoms with Gasteiger partial charge in [-0.1, -0.05) is 42.5 Å². The lowest BCUT2D eigenvalue weighted by Gasteiger charge is -2.29. The highest BCUT2D eigenvalue weighted by atomic mass is 19.1. The molecule has 0 saturated carbocycles. The van der Waals surface area contributed by atoms with Gasteiger partial charge >= 0.3 is 0 Å².